The van der Waals surface area contributed by atoms with Crippen molar-refractivity contribution in [2.75, 3.05) is 0 Å². The Balaban J connectivity index is 1.58. The van der Waals surface area contributed by atoms with E-state index in [9.17, 15) is 9.18 Å². The molecule has 3 aromatic rings. The van der Waals surface area contributed by atoms with E-state index in [-0.39, 0.29) is 24.3 Å². The third kappa shape index (κ3) is 2.97. The van der Waals surface area contributed by atoms with Gasteiger partial charge >= 0.3 is 0 Å². The van der Waals surface area contributed by atoms with Crippen molar-refractivity contribution in [2.45, 2.75) is 25.4 Å². The first-order chi connectivity index (χ1) is 11.7. The van der Waals surface area contributed by atoms with Gasteiger partial charge < -0.3 is 9.32 Å². The Morgan fingerprint density at radius 2 is 2.12 bits per heavy atom. The highest BCUT2D eigenvalue weighted by atomic mass is 32.1. The van der Waals surface area contributed by atoms with Gasteiger partial charge in [0.15, 0.2) is 10.8 Å². The Labute approximate surface area is 142 Å². The number of thiazole rings is 1. The zero-order valence-electron chi connectivity index (χ0n) is 12.8. The molecule has 0 aliphatic heterocycles. The molecule has 6 heteroatoms. The second kappa shape index (κ2) is 6.20. The van der Waals surface area contributed by atoms with Gasteiger partial charge in [0.2, 0.25) is 0 Å². The topological polar surface area (TPSA) is 46.3 Å². The van der Waals surface area contributed by atoms with Crippen LogP contribution in [0.1, 0.15) is 28.9 Å². The molecular formula is C18H15FN2O2S. The Morgan fingerprint density at radius 3 is 2.83 bits per heavy atom. The van der Waals surface area contributed by atoms with E-state index in [2.05, 4.69) is 4.98 Å². The first-order valence-corrected chi connectivity index (χ1v) is 8.64. The van der Waals surface area contributed by atoms with Gasteiger partial charge in [-0.25, -0.2) is 9.37 Å². The summed E-state index contributed by atoms with van der Waals surface area (Å²) in [6.45, 7) is 0.268. The Bertz CT molecular complexity index is 856. The maximum atomic E-state index is 13.9. The number of carbonyl (C=O) groups is 1. The number of benzene rings is 1. The maximum Gasteiger partial charge on any atom is 0.273 e. The van der Waals surface area contributed by atoms with Crippen LogP contribution in [0.25, 0.3) is 10.8 Å². The standard InChI is InChI=1S/C18H15FN2O2S/c19-14-5-2-1-4-12(14)10-21(13-7-8-13)18(22)15-11-24-17(20-15)16-6-3-9-23-16/h1-6,9,11,13H,7-8,10H2. The van der Waals surface area contributed by atoms with E-state index < -0.39 is 0 Å². The molecule has 0 saturated heterocycles. The van der Waals surface area contributed by atoms with Crippen molar-refractivity contribution in [3.63, 3.8) is 0 Å². The summed E-state index contributed by atoms with van der Waals surface area (Å²) in [6, 6.07) is 10.3. The van der Waals surface area contributed by atoms with E-state index in [0.29, 0.717) is 22.0 Å². The SMILES string of the molecule is O=C(c1csc(-c2ccco2)n1)N(Cc1ccccc1F)C1CC1. The van der Waals surface area contributed by atoms with Crippen LogP contribution in [0, 0.1) is 5.82 Å². The molecule has 1 amide bonds. The number of amides is 1. The molecule has 0 atom stereocenters. The predicted molar refractivity (Wildman–Crippen MR) is 89.1 cm³/mol. The fourth-order valence-corrected chi connectivity index (χ4v) is 3.36. The van der Waals surface area contributed by atoms with Gasteiger partial charge in [0.25, 0.3) is 5.91 Å². The van der Waals surface area contributed by atoms with Gasteiger partial charge in [0.05, 0.1) is 6.26 Å². The van der Waals surface area contributed by atoms with Crippen LogP contribution < -0.4 is 0 Å². The normalized spacial score (nSPS) is 13.9. The molecule has 4 rings (SSSR count). The van der Waals surface area contributed by atoms with Crippen LogP contribution in [0.15, 0.2) is 52.5 Å². The summed E-state index contributed by atoms with van der Waals surface area (Å²) in [7, 11) is 0. The molecule has 0 radical (unpaired) electrons. The molecule has 1 aromatic carbocycles. The molecule has 0 bridgehead atoms. The third-order valence-electron chi connectivity index (χ3n) is 4.00. The Kier molecular flexibility index (Phi) is 3.90. The minimum Gasteiger partial charge on any atom is -0.462 e. The molecule has 0 unspecified atom stereocenters. The number of halogens is 1. The average Bonchev–Trinajstić information content (AvgIpc) is 3.09. The van der Waals surface area contributed by atoms with Gasteiger partial charge in [-0.3, -0.25) is 4.79 Å². The number of carbonyl (C=O) groups excluding carboxylic acids is 1. The van der Waals surface area contributed by atoms with Crippen molar-refractivity contribution >= 4 is 17.2 Å². The molecule has 1 aliphatic carbocycles. The van der Waals surface area contributed by atoms with Crippen LogP contribution in [-0.4, -0.2) is 21.8 Å². The van der Waals surface area contributed by atoms with Crippen LogP contribution in [0.3, 0.4) is 0 Å². The van der Waals surface area contributed by atoms with E-state index in [1.165, 1.54) is 17.4 Å². The van der Waals surface area contributed by atoms with Gasteiger partial charge in [0, 0.05) is 23.5 Å². The first-order valence-electron chi connectivity index (χ1n) is 7.76. The second-order valence-corrected chi connectivity index (χ2v) is 6.63. The molecule has 1 saturated carbocycles. The smallest absolute Gasteiger partial charge is 0.273 e. The lowest BCUT2D eigenvalue weighted by molar-refractivity contribution is 0.0723. The van der Waals surface area contributed by atoms with Crippen molar-refractivity contribution in [2.24, 2.45) is 0 Å². The van der Waals surface area contributed by atoms with Crippen molar-refractivity contribution in [3.05, 3.63) is 65.1 Å². The van der Waals surface area contributed by atoms with E-state index in [1.807, 2.05) is 6.07 Å². The molecule has 0 N–H and O–H groups in total. The molecule has 1 fully saturated rings. The maximum absolute atomic E-state index is 13.9. The Hall–Kier alpha value is -2.47. The van der Waals surface area contributed by atoms with Crippen LogP contribution in [0.2, 0.25) is 0 Å². The summed E-state index contributed by atoms with van der Waals surface area (Å²) in [6.07, 6.45) is 3.48. The highest BCUT2D eigenvalue weighted by molar-refractivity contribution is 7.13. The van der Waals surface area contributed by atoms with E-state index in [1.54, 1.807) is 40.8 Å². The minimum atomic E-state index is -0.287. The number of nitrogens with zero attached hydrogens (tertiary/aromatic N) is 2. The van der Waals surface area contributed by atoms with Crippen molar-refractivity contribution in [1.29, 1.82) is 0 Å². The Morgan fingerprint density at radius 1 is 1.29 bits per heavy atom. The zero-order valence-corrected chi connectivity index (χ0v) is 13.6. The van der Waals surface area contributed by atoms with Crippen molar-refractivity contribution in [1.82, 2.24) is 9.88 Å². The van der Waals surface area contributed by atoms with Gasteiger partial charge in [-0.1, -0.05) is 18.2 Å². The summed E-state index contributed by atoms with van der Waals surface area (Å²) < 4.78 is 19.2. The summed E-state index contributed by atoms with van der Waals surface area (Å²) >= 11 is 1.37. The van der Waals surface area contributed by atoms with Crippen molar-refractivity contribution in [3.8, 4) is 10.8 Å². The van der Waals surface area contributed by atoms with Crippen LogP contribution in [0.5, 0.6) is 0 Å². The van der Waals surface area contributed by atoms with Crippen LogP contribution >= 0.6 is 11.3 Å². The largest absolute Gasteiger partial charge is 0.462 e. The van der Waals surface area contributed by atoms with E-state index >= 15 is 0 Å². The van der Waals surface area contributed by atoms with Gasteiger partial charge in [-0.05, 0) is 31.0 Å². The lowest BCUT2D eigenvalue weighted by Gasteiger charge is -2.21. The lowest BCUT2D eigenvalue weighted by Crippen LogP contribution is -2.33. The molecule has 2 heterocycles. The summed E-state index contributed by atoms with van der Waals surface area (Å²) in [5.74, 6) is 0.200. The average molecular weight is 342 g/mol. The quantitative estimate of drug-likeness (QED) is 0.693. The molecule has 122 valence electrons. The highest BCUT2D eigenvalue weighted by Crippen LogP contribution is 2.31. The first kappa shape index (κ1) is 15.1. The van der Waals surface area contributed by atoms with E-state index in [4.69, 9.17) is 4.42 Å². The molecule has 1 aliphatic rings. The van der Waals surface area contributed by atoms with Crippen LogP contribution in [0.4, 0.5) is 4.39 Å². The third-order valence-corrected chi connectivity index (χ3v) is 4.86. The minimum absolute atomic E-state index is 0.158. The number of hydrogen-bond donors (Lipinski definition) is 0. The fourth-order valence-electron chi connectivity index (χ4n) is 2.60. The molecule has 4 nitrogen and oxygen atoms in total. The fraction of sp³-hybridized carbons (Fsp3) is 0.222. The summed E-state index contributed by atoms with van der Waals surface area (Å²) in [5.41, 5.74) is 0.911. The number of aromatic nitrogens is 1. The van der Waals surface area contributed by atoms with Gasteiger partial charge in [-0.2, -0.15) is 0 Å². The monoisotopic (exact) mass is 342 g/mol. The predicted octanol–water partition coefficient (Wildman–Crippen LogP) is 4.35. The zero-order chi connectivity index (χ0) is 16.5. The van der Waals surface area contributed by atoms with E-state index in [0.717, 1.165) is 12.8 Å². The molecule has 24 heavy (non-hydrogen) atoms. The highest BCUT2D eigenvalue weighted by Gasteiger charge is 2.34. The second-order valence-electron chi connectivity index (χ2n) is 5.77. The number of rotatable bonds is 5. The number of furan rings is 1. The van der Waals surface area contributed by atoms with Crippen molar-refractivity contribution < 1.29 is 13.6 Å². The molecule has 2 aromatic heterocycles. The van der Waals surface area contributed by atoms with Gasteiger partial charge in [-0.15, -0.1) is 11.3 Å². The van der Waals surface area contributed by atoms with Gasteiger partial charge in [0.1, 0.15) is 11.5 Å². The molecular weight excluding hydrogens is 327 g/mol. The lowest BCUT2D eigenvalue weighted by atomic mass is 10.2. The summed E-state index contributed by atoms with van der Waals surface area (Å²) in [4.78, 5) is 19.0. The molecule has 0 spiro atoms. The number of hydrogen-bond acceptors (Lipinski definition) is 4. The summed E-state index contributed by atoms with van der Waals surface area (Å²) in [5, 5.41) is 2.40. The van der Waals surface area contributed by atoms with Crippen LogP contribution in [-0.2, 0) is 6.54 Å².